The van der Waals surface area contributed by atoms with Crippen molar-refractivity contribution in [2.24, 2.45) is 16.1 Å². The number of hydrogen-bond acceptors (Lipinski definition) is 7. The molecule has 160 valence electrons. The van der Waals surface area contributed by atoms with E-state index in [2.05, 4.69) is 30.8 Å². The summed E-state index contributed by atoms with van der Waals surface area (Å²) in [7, 11) is 0. The molecule has 0 aliphatic rings. The summed E-state index contributed by atoms with van der Waals surface area (Å²) in [5.74, 6) is -1.84. The molecule has 0 bridgehead atoms. The number of nitrogens with zero attached hydrogens (tertiary/aromatic N) is 6. The second-order valence-corrected chi connectivity index (χ2v) is 6.04. The molecular formula is C18H19N9O4. The van der Waals surface area contributed by atoms with Gasteiger partial charge in [-0.1, -0.05) is 17.2 Å². The highest BCUT2D eigenvalue weighted by Gasteiger charge is 2.19. The first-order valence-corrected chi connectivity index (χ1v) is 9.04. The molecule has 0 radical (unpaired) electrons. The van der Waals surface area contributed by atoms with Crippen LogP contribution in [0.4, 0.5) is 11.4 Å². The van der Waals surface area contributed by atoms with Crippen molar-refractivity contribution in [1.29, 1.82) is 0 Å². The van der Waals surface area contributed by atoms with Crippen molar-refractivity contribution in [3.05, 3.63) is 68.4 Å². The predicted octanol–water partition coefficient (Wildman–Crippen LogP) is 3.66. The Kier molecular flexibility index (Phi) is 8.50. The number of phenols is 1. The van der Waals surface area contributed by atoms with E-state index in [4.69, 9.17) is 21.6 Å². The fourth-order valence-corrected chi connectivity index (χ4v) is 2.55. The second-order valence-electron chi connectivity index (χ2n) is 6.04. The van der Waals surface area contributed by atoms with E-state index in [0.29, 0.717) is 19.5 Å². The van der Waals surface area contributed by atoms with Crippen molar-refractivity contribution in [3.8, 4) is 11.5 Å². The van der Waals surface area contributed by atoms with E-state index in [1.54, 1.807) is 0 Å². The number of carbonyl (C=O) groups is 2. The molecule has 31 heavy (non-hydrogen) atoms. The number of phenolic OH excluding ortho intramolecular Hbond substituents is 1. The molecule has 0 fully saturated rings. The number of hydrogen-bond donors (Lipinski definition) is 4. The molecule has 2 rings (SSSR count). The van der Waals surface area contributed by atoms with Gasteiger partial charge in [-0.15, -0.1) is 0 Å². The number of para-hydroxylation sites is 1. The van der Waals surface area contributed by atoms with Crippen LogP contribution >= 0.6 is 0 Å². The lowest BCUT2D eigenvalue weighted by Crippen LogP contribution is -2.25. The molecule has 2 aromatic rings. The lowest BCUT2D eigenvalue weighted by molar-refractivity contribution is 0.0947. The molecule has 0 saturated carbocycles. The van der Waals surface area contributed by atoms with Gasteiger partial charge in [0.15, 0.2) is 5.75 Å². The number of amides is 2. The molecule has 2 amide bonds. The van der Waals surface area contributed by atoms with Crippen molar-refractivity contribution >= 4 is 23.2 Å². The Morgan fingerprint density at radius 3 is 2.58 bits per heavy atom. The zero-order valence-corrected chi connectivity index (χ0v) is 16.2. The van der Waals surface area contributed by atoms with Crippen LogP contribution < -0.4 is 21.2 Å². The number of benzene rings is 2. The number of nitrogens with one attached hydrogen (secondary N) is 2. The molecule has 2 aromatic carbocycles. The van der Waals surface area contributed by atoms with Crippen molar-refractivity contribution in [1.82, 2.24) is 5.32 Å². The first-order valence-electron chi connectivity index (χ1n) is 9.04. The van der Waals surface area contributed by atoms with Crippen LogP contribution in [0.15, 0.2) is 46.8 Å². The molecule has 0 unspecified atom stereocenters. The summed E-state index contributed by atoms with van der Waals surface area (Å²) < 4.78 is 0. The summed E-state index contributed by atoms with van der Waals surface area (Å²) in [5, 5.41) is 21.6. The Morgan fingerprint density at radius 2 is 1.90 bits per heavy atom. The topological polar surface area (TPSA) is 211 Å². The normalized spacial score (nSPS) is 9.71. The summed E-state index contributed by atoms with van der Waals surface area (Å²) in [6.45, 7) is 0.873. The lowest BCUT2D eigenvalue weighted by Gasteiger charge is -2.14. The lowest BCUT2D eigenvalue weighted by atomic mass is 10.1. The molecule has 0 atom stereocenters. The average molecular weight is 425 g/mol. The average Bonchev–Trinajstić information content (AvgIpc) is 2.75. The van der Waals surface area contributed by atoms with Gasteiger partial charge in [0.25, 0.3) is 11.8 Å². The number of azide groups is 2. The smallest absolute Gasteiger partial charge is 0.259 e. The highest BCUT2D eigenvalue weighted by Crippen LogP contribution is 2.31. The predicted molar refractivity (Wildman–Crippen MR) is 112 cm³/mol. The van der Waals surface area contributed by atoms with Crippen molar-refractivity contribution in [2.45, 2.75) is 12.8 Å². The van der Waals surface area contributed by atoms with Gasteiger partial charge in [0.2, 0.25) is 0 Å². The van der Waals surface area contributed by atoms with Crippen LogP contribution in [0.1, 0.15) is 33.6 Å². The fraction of sp³-hybridized carbons (Fsp3) is 0.222. The Balaban J connectivity index is 2.30. The standard InChI is InChI=1S/C18H19N9O4/c19-8-1-2-9-22-17(29)13-4-3-5-14(16(13)31-27-26-21)23-18(30)12-7-6-11(24-25-20)10-15(12)28/h3-7,10,28H,1-2,8-9,19H2,(H,22,29)(H,23,30). The minimum absolute atomic E-state index is 0.0286. The zero-order chi connectivity index (χ0) is 22.6. The third-order valence-electron chi connectivity index (χ3n) is 3.98. The van der Waals surface area contributed by atoms with Gasteiger partial charge in [-0.05, 0) is 54.7 Å². The van der Waals surface area contributed by atoms with Crippen LogP contribution in [0.2, 0.25) is 0 Å². The number of nitrogens with two attached hydrogens (primary N) is 1. The Hall–Kier alpha value is -4.44. The van der Waals surface area contributed by atoms with Crippen LogP contribution in [0.25, 0.3) is 20.9 Å². The summed E-state index contributed by atoms with van der Waals surface area (Å²) in [6.07, 6.45) is 1.41. The number of carbonyl (C=O) groups excluding carboxylic acids is 2. The summed E-state index contributed by atoms with van der Waals surface area (Å²) in [6, 6.07) is 8.09. The van der Waals surface area contributed by atoms with Gasteiger partial charge < -0.3 is 26.3 Å². The minimum Gasteiger partial charge on any atom is -0.507 e. The van der Waals surface area contributed by atoms with Crippen LogP contribution in [0.5, 0.6) is 11.5 Å². The number of aromatic hydroxyl groups is 1. The zero-order valence-electron chi connectivity index (χ0n) is 16.2. The third kappa shape index (κ3) is 6.27. The van der Waals surface area contributed by atoms with Gasteiger partial charge in [-0.2, -0.15) is 0 Å². The summed E-state index contributed by atoms with van der Waals surface area (Å²) in [4.78, 5) is 35.2. The van der Waals surface area contributed by atoms with Gasteiger partial charge in [-0.3, -0.25) is 9.59 Å². The summed E-state index contributed by atoms with van der Waals surface area (Å²) in [5.41, 5.74) is 22.5. The molecule has 0 spiro atoms. The molecule has 0 aromatic heterocycles. The monoisotopic (exact) mass is 425 g/mol. The molecule has 0 aliphatic heterocycles. The molecule has 5 N–H and O–H groups in total. The van der Waals surface area contributed by atoms with E-state index in [1.807, 2.05) is 0 Å². The highest BCUT2D eigenvalue weighted by molar-refractivity contribution is 6.08. The number of unbranched alkanes of at least 4 members (excludes halogenated alkanes) is 1. The number of rotatable bonds is 10. The maximum Gasteiger partial charge on any atom is 0.259 e. The Bertz CT molecular complexity index is 1060. The number of anilines is 1. The molecule has 0 saturated heterocycles. The van der Waals surface area contributed by atoms with Gasteiger partial charge in [0, 0.05) is 22.1 Å². The highest BCUT2D eigenvalue weighted by atomic mass is 16.6. The molecule has 0 heterocycles. The minimum atomic E-state index is -0.740. The first-order chi connectivity index (χ1) is 15.0. The third-order valence-corrected chi connectivity index (χ3v) is 3.98. The first kappa shape index (κ1) is 22.8. The van der Waals surface area contributed by atoms with Gasteiger partial charge in [0.05, 0.1) is 16.8 Å². The van der Waals surface area contributed by atoms with Gasteiger partial charge in [-0.25, -0.2) is 0 Å². The second kappa shape index (κ2) is 11.5. The van der Waals surface area contributed by atoms with Gasteiger partial charge >= 0.3 is 0 Å². The van der Waals surface area contributed by atoms with E-state index in [-0.39, 0.29) is 28.3 Å². The molecule has 13 heteroatoms. The fourth-order valence-electron chi connectivity index (χ4n) is 2.55. The summed E-state index contributed by atoms with van der Waals surface area (Å²) >= 11 is 0. The van der Waals surface area contributed by atoms with E-state index < -0.39 is 17.6 Å². The van der Waals surface area contributed by atoms with Crippen molar-refractivity contribution in [2.75, 3.05) is 18.4 Å². The van der Waals surface area contributed by atoms with Gasteiger partial charge in [0.1, 0.15) is 11.0 Å². The van der Waals surface area contributed by atoms with E-state index in [0.717, 1.165) is 12.5 Å². The van der Waals surface area contributed by atoms with Crippen LogP contribution in [0.3, 0.4) is 0 Å². The van der Waals surface area contributed by atoms with E-state index in [9.17, 15) is 14.7 Å². The van der Waals surface area contributed by atoms with Crippen LogP contribution in [-0.2, 0) is 0 Å². The SMILES string of the molecule is [N-]=[N+]=NOc1c(NC(=O)c2ccc(N=[N+]=[N-])cc2O)cccc1C(=O)NCCCCN. The largest absolute Gasteiger partial charge is 0.507 e. The van der Waals surface area contributed by atoms with Crippen molar-refractivity contribution in [3.63, 3.8) is 0 Å². The Morgan fingerprint density at radius 1 is 1.10 bits per heavy atom. The molecular weight excluding hydrogens is 406 g/mol. The van der Waals surface area contributed by atoms with Crippen LogP contribution in [-0.4, -0.2) is 30.0 Å². The van der Waals surface area contributed by atoms with E-state index in [1.165, 1.54) is 30.3 Å². The van der Waals surface area contributed by atoms with E-state index >= 15 is 0 Å². The van der Waals surface area contributed by atoms with Crippen LogP contribution in [0, 0.1) is 0 Å². The maximum atomic E-state index is 12.6. The van der Waals surface area contributed by atoms with Crippen molar-refractivity contribution < 1.29 is 19.5 Å². The molecule has 13 nitrogen and oxygen atoms in total. The quantitative estimate of drug-likeness (QED) is 0.147. The molecule has 0 aliphatic carbocycles. The Labute approximate surface area is 176 Å². The maximum absolute atomic E-state index is 12.6.